The average molecular weight is 450 g/mol. The van der Waals surface area contributed by atoms with Crippen LogP contribution in [0.5, 0.6) is 0 Å². The number of halogens is 4. The molecule has 1 aromatic heterocycles. The molecule has 4 rings (SSSR count). The van der Waals surface area contributed by atoms with Gasteiger partial charge in [0.2, 0.25) is 5.95 Å². The molecule has 4 nitrogen and oxygen atoms in total. The molecule has 0 spiro atoms. The molecule has 8 heteroatoms. The van der Waals surface area contributed by atoms with Gasteiger partial charge in [0.05, 0.1) is 5.52 Å². The van der Waals surface area contributed by atoms with Crippen molar-refractivity contribution >= 4 is 80.4 Å². The first-order chi connectivity index (χ1) is 13.5. The van der Waals surface area contributed by atoms with Gasteiger partial charge in [-0.15, -0.1) is 0 Å². The minimum Gasteiger partial charge on any atom is -0.339 e. The van der Waals surface area contributed by atoms with E-state index < -0.39 is 0 Å². The molecule has 0 aliphatic carbocycles. The zero-order valence-corrected chi connectivity index (χ0v) is 17.2. The number of fused-ring (bicyclic) bond motifs is 1. The molecule has 1 heterocycles. The fraction of sp³-hybridized carbons (Fsp3) is 0. The van der Waals surface area contributed by atoms with E-state index in [1.54, 1.807) is 36.4 Å². The standard InChI is InChI=1S/C20H12Cl4N4/c21-11-5-12(22)8-15(7-11)25-19-17-3-1-2-4-18(17)27-20(28-19)26-16-9-13(23)6-14(24)10-16/h1-10H,(H2,25,26,27,28). The number of rotatable bonds is 4. The van der Waals surface area contributed by atoms with Crippen LogP contribution in [0, 0.1) is 0 Å². The predicted molar refractivity (Wildman–Crippen MR) is 119 cm³/mol. The van der Waals surface area contributed by atoms with Crippen molar-refractivity contribution in [3.8, 4) is 0 Å². The molecule has 0 unspecified atom stereocenters. The maximum Gasteiger partial charge on any atom is 0.229 e. The summed E-state index contributed by atoms with van der Waals surface area (Å²) < 4.78 is 0. The van der Waals surface area contributed by atoms with Gasteiger partial charge in [0.25, 0.3) is 0 Å². The first-order valence-corrected chi connectivity index (χ1v) is 9.70. The summed E-state index contributed by atoms with van der Waals surface area (Å²) >= 11 is 24.4. The van der Waals surface area contributed by atoms with Gasteiger partial charge in [-0.3, -0.25) is 0 Å². The molecule has 140 valence electrons. The van der Waals surface area contributed by atoms with E-state index in [0.717, 1.165) is 16.6 Å². The van der Waals surface area contributed by atoms with Gasteiger partial charge in [-0.1, -0.05) is 58.5 Å². The molecule has 0 aliphatic heterocycles. The zero-order chi connectivity index (χ0) is 19.7. The monoisotopic (exact) mass is 448 g/mol. The summed E-state index contributed by atoms with van der Waals surface area (Å²) in [6.45, 7) is 0. The topological polar surface area (TPSA) is 49.8 Å². The van der Waals surface area contributed by atoms with Crippen molar-refractivity contribution in [2.75, 3.05) is 10.6 Å². The normalized spacial score (nSPS) is 10.9. The van der Waals surface area contributed by atoms with E-state index in [1.807, 2.05) is 24.3 Å². The van der Waals surface area contributed by atoms with Crippen LogP contribution in [0.15, 0.2) is 60.7 Å². The molecular weight excluding hydrogens is 438 g/mol. The van der Waals surface area contributed by atoms with Gasteiger partial charge in [0, 0.05) is 36.9 Å². The molecule has 0 aliphatic rings. The van der Waals surface area contributed by atoms with Gasteiger partial charge in [-0.2, -0.15) is 4.98 Å². The molecule has 4 aromatic rings. The highest BCUT2D eigenvalue weighted by Crippen LogP contribution is 2.30. The van der Waals surface area contributed by atoms with Crippen molar-refractivity contribution < 1.29 is 0 Å². The maximum absolute atomic E-state index is 6.11. The number of hydrogen-bond donors (Lipinski definition) is 2. The lowest BCUT2D eigenvalue weighted by Gasteiger charge is -2.13. The van der Waals surface area contributed by atoms with E-state index >= 15 is 0 Å². The van der Waals surface area contributed by atoms with E-state index in [0.29, 0.717) is 37.5 Å². The highest BCUT2D eigenvalue weighted by molar-refractivity contribution is 6.35. The summed E-state index contributed by atoms with van der Waals surface area (Å²) in [6.07, 6.45) is 0. The second-order valence-corrected chi connectivity index (χ2v) is 7.72. The van der Waals surface area contributed by atoms with E-state index in [-0.39, 0.29) is 0 Å². The third-order valence-corrected chi connectivity index (χ3v) is 4.72. The Morgan fingerprint density at radius 1 is 0.607 bits per heavy atom. The summed E-state index contributed by atoms with van der Waals surface area (Å²) in [5.74, 6) is 1.01. The minimum atomic E-state index is 0.396. The van der Waals surface area contributed by atoms with Crippen LogP contribution in [0.2, 0.25) is 20.1 Å². The van der Waals surface area contributed by atoms with Crippen molar-refractivity contribution in [3.05, 3.63) is 80.8 Å². The summed E-state index contributed by atoms with van der Waals surface area (Å²) in [5, 5.41) is 9.35. The smallest absolute Gasteiger partial charge is 0.229 e. The van der Waals surface area contributed by atoms with Crippen molar-refractivity contribution in [1.29, 1.82) is 0 Å². The van der Waals surface area contributed by atoms with Crippen molar-refractivity contribution in [3.63, 3.8) is 0 Å². The molecule has 0 saturated heterocycles. The molecule has 0 fully saturated rings. The third-order valence-electron chi connectivity index (χ3n) is 3.85. The van der Waals surface area contributed by atoms with Crippen LogP contribution >= 0.6 is 46.4 Å². The first-order valence-electron chi connectivity index (χ1n) is 8.19. The third kappa shape index (κ3) is 4.42. The lowest BCUT2D eigenvalue weighted by Crippen LogP contribution is -2.02. The van der Waals surface area contributed by atoms with E-state index in [9.17, 15) is 0 Å². The molecule has 2 N–H and O–H groups in total. The Hall–Kier alpha value is -2.24. The number of hydrogen-bond acceptors (Lipinski definition) is 4. The van der Waals surface area contributed by atoms with Crippen LogP contribution in [0.1, 0.15) is 0 Å². The SMILES string of the molecule is Clc1cc(Cl)cc(Nc2nc(Nc3cc(Cl)cc(Cl)c3)c3ccccc3n2)c1. The lowest BCUT2D eigenvalue weighted by atomic mass is 10.2. The number of anilines is 4. The van der Waals surface area contributed by atoms with Crippen LogP contribution in [0.3, 0.4) is 0 Å². The summed E-state index contributed by atoms with van der Waals surface area (Å²) in [4.78, 5) is 9.17. The molecule has 0 amide bonds. The molecule has 0 atom stereocenters. The summed E-state index contributed by atoms with van der Waals surface area (Å²) in [7, 11) is 0. The summed E-state index contributed by atoms with van der Waals surface area (Å²) in [6, 6.07) is 18.0. The van der Waals surface area contributed by atoms with Crippen LogP contribution in [-0.2, 0) is 0 Å². The molecule has 3 aromatic carbocycles. The van der Waals surface area contributed by atoms with E-state index in [2.05, 4.69) is 20.6 Å². The molecule has 0 saturated carbocycles. The Morgan fingerprint density at radius 2 is 1.14 bits per heavy atom. The van der Waals surface area contributed by atoms with Crippen LogP contribution < -0.4 is 10.6 Å². The lowest BCUT2D eigenvalue weighted by molar-refractivity contribution is 1.21. The Morgan fingerprint density at radius 3 is 1.75 bits per heavy atom. The predicted octanol–water partition coefficient (Wildman–Crippen LogP) is 7.73. The minimum absolute atomic E-state index is 0.396. The van der Waals surface area contributed by atoms with Crippen LogP contribution in [0.25, 0.3) is 10.9 Å². The Bertz CT molecular complexity index is 1140. The quantitative estimate of drug-likeness (QED) is 0.334. The fourth-order valence-corrected chi connectivity index (χ4v) is 3.80. The second-order valence-electron chi connectivity index (χ2n) is 5.98. The van der Waals surface area contributed by atoms with Gasteiger partial charge in [-0.05, 0) is 48.5 Å². The van der Waals surface area contributed by atoms with Gasteiger partial charge >= 0.3 is 0 Å². The number of aromatic nitrogens is 2. The highest BCUT2D eigenvalue weighted by Gasteiger charge is 2.10. The van der Waals surface area contributed by atoms with E-state index in [4.69, 9.17) is 46.4 Å². The second kappa shape index (κ2) is 8.02. The van der Waals surface area contributed by atoms with Gasteiger partial charge in [-0.25, -0.2) is 4.98 Å². The van der Waals surface area contributed by atoms with Gasteiger partial charge < -0.3 is 10.6 Å². The fourth-order valence-electron chi connectivity index (χ4n) is 2.75. The number of benzene rings is 3. The van der Waals surface area contributed by atoms with Crippen LogP contribution in [0.4, 0.5) is 23.1 Å². The van der Waals surface area contributed by atoms with E-state index in [1.165, 1.54) is 0 Å². The Balaban J connectivity index is 1.76. The molecule has 0 radical (unpaired) electrons. The summed E-state index contributed by atoms with van der Waals surface area (Å²) in [5.41, 5.74) is 2.17. The van der Waals surface area contributed by atoms with Gasteiger partial charge in [0.1, 0.15) is 5.82 Å². The van der Waals surface area contributed by atoms with Crippen LogP contribution in [-0.4, -0.2) is 9.97 Å². The maximum atomic E-state index is 6.11. The van der Waals surface area contributed by atoms with Crippen molar-refractivity contribution in [2.45, 2.75) is 0 Å². The highest BCUT2D eigenvalue weighted by atomic mass is 35.5. The average Bonchev–Trinajstić information content (AvgIpc) is 2.60. The Kier molecular flexibility index (Phi) is 5.47. The molecule has 28 heavy (non-hydrogen) atoms. The largest absolute Gasteiger partial charge is 0.339 e. The van der Waals surface area contributed by atoms with Gasteiger partial charge in [0.15, 0.2) is 0 Å². The molecular formula is C20H12Cl4N4. The number of para-hydroxylation sites is 1. The van der Waals surface area contributed by atoms with Crippen molar-refractivity contribution in [2.24, 2.45) is 0 Å². The number of nitrogens with one attached hydrogen (secondary N) is 2. The molecule has 0 bridgehead atoms. The first kappa shape index (κ1) is 19.1. The van der Waals surface area contributed by atoms with Crippen molar-refractivity contribution in [1.82, 2.24) is 9.97 Å². The Labute approximate surface area is 181 Å². The number of nitrogens with zero attached hydrogens (tertiary/aromatic N) is 2. The zero-order valence-electron chi connectivity index (χ0n) is 14.2.